The fourth-order valence-corrected chi connectivity index (χ4v) is 2.21. The molecular weight excluding hydrogens is 338 g/mol. The molecule has 0 aliphatic heterocycles. The number of ether oxygens (including phenoxy) is 1. The Morgan fingerprint density at radius 2 is 1.92 bits per heavy atom. The van der Waals surface area contributed by atoms with E-state index in [2.05, 4.69) is 15.5 Å². The first-order valence-corrected chi connectivity index (χ1v) is 7.92. The first-order valence-electron chi connectivity index (χ1n) is 7.92. The Morgan fingerprint density at radius 1 is 1.19 bits per heavy atom. The van der Waals surface area contributed by atoms with Crippen LogP contribution in [0.25, 0.3) is 11.5 Å². The van der Waals surface area contributed by atoms with Crippen molar-refractivity contribution in [1.82, 2.24) is 10.1 Å². The summed E-state index contributed by atoms with van der Waals surface area (Å²) in [6.45, 7) is 4.76. The van der Waals surface area contributed by atoms with Crippen molar-refractivity contribution in [3.63, 3.8) is 0 Å². The van der Waals surface area contributed by atoms with Crippen molar-refractivity contribution in [2.75, 3.05) is 5.32 Å². The molecule has 2 aromatic heterocycles. The van der Waals surface area contributed by atoms with Gasteiger partial charge in [0.15, 0.2) is 17.6 Å². The molecule has 0 aliphatic carbocycles. The maximum atomic E-state index is 12.3. The van der Waals surface area contributed by atoms with Crippen molar-refractivity contribution in [3.05, 3.63) is 53.6 Å². The number of aryl methyl sites for hydroxylation is 2. The Kier molecular flexibility index (Phi) is 4.83. The van der Waals surface area contributed by atoms with Crippen molar-refractivity contribution in [2.45, 2.75) is 26.9 Å². The second-order valence-corrected chi connectivity index (χ2v) is 5.65. The minimum absolute atomic E-state index is 0.0285. The zero-order valence-corrected chi connectivity index (χ0v) is 14.5. The van der Waals surface area contributed by atoms with Crippen molar-refractivity contribution in [3.8, 4) is 11.5 Å². The predicted octanol–water partition coefficient (Wildman–Crippen LogP) is 3.13. The van der Waals surface area contributed by atoms with Gasteiger partial charge in [0, 0.05) is 11.6 Å². The van der Waals surface area contributed by atoms with E-state index in [1.54, 1.807) is 19.9 Å². The molecule has 0 saturated carbocycles. The predicted molar refractivity (Wildman–Crippen MR) is 91.4 cm³/mol. The van der Waals surface area contributed by atoms with Crippen LogP contribution in [0.4, 0.5) is 5.82 Å². The SMILES string of the molecule is Cc1cc(NC(=O)[C@H](C)OC(=O)c2nc(-c3ccccc3)oc2C)no1. The molecule has 2 heterocycles. The average Bonchev–Trinajstić information content (AvgIpc) is 3.21. The fraction of sp³-hybridized carbons (Fsp3) is 0.222. The molecule has 0 bridgehead atoms. The van der Waals surface area contributed by atoms with Crippen molar-refractivity contribution in [2.24, 2.45) is 0 Å². The van der Waals surface area contributed by atoms with Gasteiger partial charge in [0.2, 0.25) is 5.89 Å². The number of hydrogen-bond donors (Lipinski definition) is 1. The van der Waals surface area contributed by atoms with E-state index in [0.717, 1.165) is 5.56 Å². The van der Waals surface area contributed by atoms with Crippen molar-refractivity contribution in [1.29, 1.82) is 0 Å². The summed E-state index contributed by atoms with van der Waals surface area (Å²) >= 11 is 0. The molecule has 0 aliphatic rings. The number of anilines is 1. The molecule has 134 valence electrons. The lowest BCUT2D eigenvalue weighted by Crippen LogP contribution is -2.30. The van der Waals surface area contributed by atoms with Crippen molar-refractivity contribution < 1.29 is 23.3 Å². The molecule has 0 radical (unpaired) electrons. The van der Waals surface area contributed by atoms with Gasteiger partial charge < -0.3 is 19.0 Å². The van der Waals surface area contributed by atoms with E-state index < -0.39 is 18.0 Å². The molecule has 0 spiro atoms. The fourth-order valence-electron chi connectivity index (χ4n) is 2.21. The van der Waals surface area contributed by atoms with Gasteiger partial charge in [-0.25, -0.2) is 9.78 Å². The summed E-state index contributed by atoms with van der Waals surface area (Å²) in [7, 11) is 0. The van der Waals surface area contributed by atoms with Crippen LogP contribution in [0.3, 0.4) is 0 Å². The van der Waals surface area contributed by atoms with Crippen LogP contribution in [-0.4, -0.2) is 28.1 Å². The topological polar surface area (TPSA) is 107 Å². The van der Waals surface area contributed by atoms with Gasteiger partial charge in [-0.1, -0.05) is 23.4 Å². The number of amides is 1. The summed E-state index contributed by atoms with van der Waals surface area (Å²) in [5.41, 5.74) is 0.766. The quantitative estimate of drug-likeness (QED) is 0.701. The van der Waals surface area contributed by atoms with Crippen LogP contribution in [0.5, 0.6) is 0 Å². The number of hydrogen-bond acceptors (Lipinski definition) is 7. The smallest absolute Gasteiger partial charge is 0.361 e. The molecule has 0 unspecified atom stereocenters. The van der Waals surface area contributed by atoms with E-state index in [4.69, 9.17) is 13.7 Å². The largest absolute Gasteiger partial charge is 0.448 e. The van der Waals surface area contributed by atoms with Crippen LogP contribution in [0.15, 0.2) is 45.3 Å². The van der Waals surface area contributed by atoms with E-state index in [1.807, 2.05) is 30.3 Å². The molecule has 0 fully saturated rings. The van der Waals surface area contributed by atoms with Crippen molar-refractivity contribution >= 4 is 17.7 Å². The third kappa shape index (κ3) is 3.80. The Hall–Kier alpha value is -3.42. The van der Waals surface area contributed by atoms with Crippen LogP contribution >= 0.6 is 0 Å². The summed E-state index contributed by atoms with van der Waals surface area (Å²) in [4.78, 5) is 28.6. The molecule has 1 atom stereocenters. The number of nitrogens with one attached hydrogen (secondary N) is 1. The molecule has 26 heavy (non-hydrogen) atoms. The molecule has 0 saturated heterocycles. The van der Waals surface area contributed by atoms with Gasteiger partial charge in [-0.2, -0.15) is 0 Å². The van der Waals surface area contributed by atoms with Gasteiger partial charge in [0.1, 0.15) is 11.5 Å². The van der Waals surface area contributed by atoms with Gasteiger partial charge in [0.05, 0.1) is 0 Å². The first-order chi connectivity index (χ1) is 12.4. The number of nitrogens with zero attached hydrogens (tertiary/aromatic N) is 2. The van der Waals surface area contributed by atoms with E-state index in [-0.39, 0.29) is 11.5 Å². The summed E-state index contributed by atoms with van der Waals surface area (Å²) in [5, 5.41) is 6.15. The highest BCUT2D eigenvalue weighted by Gasteiger charge is 2.24. The highest BCUT2D eigenvalue weighted by Crippen LogP contribution is 2.22. The molecule has 8 heteroatoms. The van der Waals surface area contributed by atoms with Crippen LogP contribution < -0.4 is 5.32 Å². The van der Waals surface area contributed by atoms with E-state index in [0.29, 0.717) is 17.4 Å². The van der Waals surface area contributed by atoms with Gasteiger partial charge in [-0.15, -0.1) is 0 Å². The molecule has 1 N–H and O–H groups in total. The standard InChI is InChI=1S/C18H17N3O5/c1-10-9-14(21-26-10)19-16(22)12(3)25-18(23)15-11(2)24-17(20-15)13-7-5-4-6-8-13/h4-9,12H,1-3H3,(H,19,21,22)/t12-/m0/s1. The lowest BCUT2D eigenvalue weighted by Gasteiger charge is -2.11. The van der Waals surface area contributed by atoms with Crippen LogP contribution in [0, 0.1) is 13.8 Å². The Morgan fingerprint density at radius 3 is 2.58 bits per heavy atom. The third-order valence-corrected chi connectivity index (χ3v) is 3.54. The maximum absolute atomic E-state index is 12.3. The van der Waals surface area contributed by atoms with Gasteiger partial charge >= 0.3 is 5.97 Å². The number of benzene rings is 1. The number of aromatic nitrogens is 2. The Bertz CT molecular complexity index is 929. The second kappa shape index (κ2) is 7.22. The maximum Gasteiger partial charge on any atom is 0.361 e. The molecule has 3 rings (SSSR count). The molecule has 8 nitrogen and oxygen atoms in total. The van der Waals surface area contributed by atoms with E-state index in [9.17, 15) is 9.59 Å². The molecular formula is C18H17N3O5. The number of oxazole rings is 1. The first kappa shape index (κ1) is 17.4. The van der Waals surface area contributed by atoms with Crippen LogP contribution in [0.2, 0.25) is 0 Å². The lowest BCUT2D eigenvalue weighted by atomic mass is 10.2. The van der Waals surface area contributed by atoms with E-state index >= 15 is 0 Å². The number of esters is 1. The summed E-state index contributed by atoms with van der Waals surface area (Å²) < 4.78 is 15.6. The summed E-state index contributed by atoms with van der Waals surface area (Å²) in [6.07, 6.45) is -1.05. The average molecular weight is 355 g/mol. The number of carbonyl (C=O) groups is 2. The summed E-state index contributed by atoms with van der Waals surface area (Å²) in [5.74, 6) is 0.151. The third-order valence-electron chi connectivity index (χ3n) is 3.54. The van der Waals surface area contributed by atoms with Gasteiger partial charge in [-0.3, -0.25) is 4.79 Å². The highest BCUT2D eigenvalue weighted by atomic mass is 16.5. The Balaban J connectivity index is 1.67. The second-order valence-electron chi connectivity index (χ2n) is 5.65. The monoisotopic (exact) mass is 355 g/mol. The van der Waals surface area contributed by atoms with Gasteiger partial charge in [0.25, 0.3) is 5.91 Å². The zero-order valence-electron chi connectivity index (χ0n) is 14.5. The highest BCUT2D eigenvalue weighted by molar-refractivity contribution is 5.96. The van der Waals surface area contributed by atoms with Gasteiger partial charge in [-0.05, 0) is 32.9 Å². The minimum Gasteiger partial charge on any atom is -0.448 e. The van der Waals surface area contributed by atoms with Crippen LogP contribution in [-0.2, 0) is 9.53 Å². The molecule has 1 amide bonds. The zero-order chi connectivity index (χ0) is 18.7. The lowest BCUT2D eigenvalue weighted by molar-refractivity contribution is -0.123. The number of carbonyl (C=O) groups excluding carboxylic acids is 2. The van der Waals surface area contributed by atoms with Crippen LogP contribution in [0.1, 0.15) is 28.9 Å². The Labute approximate surface area is 149 Å². The van der Waals surface area contributed by atoms with E-state index in [1.165, 1.54) is 6.92 Å². The molecule has 3 aromatic rings. The minimum atomic E-state index is -1.05. The molecule has 1 aromatic carbocycles. The summed E-state index contributed by atoms with van der Waals surface area (Å²) in [6, 6.07) is 10.7. The normalized spacial score (nSPS) is 11.8. The number of rotatable bonds is 5.